The molecule has 0 saturated carbocycles. The lowest BCUT2D eigenvalue weighted by atomic mass is 9.99. The SMILES string of the molecule is Cc1c(S(=O)(=O)Nc2ccccc2CCc2ccccc2C(=O)O)sc2ccc(Cl)cc12.O=C(O)c1ccccc1CCc1ccccc1NS(=O)(=O)c1ccc(-c2ccccc2)cc1. The van der Waals surface area contributed by atoms with Gasteiger partial charge < -0.3 is 10.2 Å². The highest BCUT2D eigenvalue weighted by molar-refractivity contribution is 7.95. The third-order valence-corrected chi connectivity index (χ3v) is 15.6. The van der Waals surface area contributed by atoms with Gasteiger partial charge >= 0.3 is 11.9 Å². The number of aryl methyl sites for hydroxylation is 5. The van der Waals surface area contributed by atoms with Crippen LogP contribution in [0.25, 0.3) is 21.2 Å². The predicted molar refractivity (Wildman–Crippen MR) is 260 cm³/mol. The van der Waals surface area contributed by atoms with E-state index in [4.69, 9.17) is 11.6 Å². The standard InChI is InChI=1S/C27H23NO4S.C24H20ClNO4S2/c29-27(30)25-12-6-4-10-22(25)14-15-23-11-5-7-13-26(23)28-33(31,32)24-18-16-21(17-19-24)20-8-2-1-3-9-20;1-15-20-14-18(25)12-13-22(20)31-24(15)32(29,30)26-21-9-5-3-7-17(21)11-10-16-6-2-4-8-19(16)23(27)28/h1-13,16-19,28H,14-15H2,(H,29,30);2-9,12-14,26H,10-11H2,1H3,(H,27,28). The molecule has 8 rings (SSSR count). The number of sulfonamides is 2. The second kappa shape index (κ2) is 20.4. The fourth-order valence-corrected chi connectivity index (χ4v) is 11.5. The molecule has 0 bridgehead atoms. The third kappa shape index (κ3) is 11.3. The van der Waals surface area contributed by atoms with Gasteiger partial charge in [0.2, 0.25) is 0 Å². The molecule has 0 aliphatic carbocycles. The number of hydrogen-bond acceptors (Lipinski definition) is 7. The summed E-state index contributed by atoms with van der Waals surface area (Å²) in [5.74, 6) is -1.95. The van der Waals surface area contributed by atoms with Crippen LogP contribution in [-0.2, 0) is 45.7 Å². The topological polar surface area (TPSA) is 167 Å². The van der Waals surface area contributed by atoms with E-state index in [0.717, 1.165) is 32.3 Å². The average molecular weight is 944 g/mol. The molecule has 7 aromatic carbocycles. The number of benzene rings is 7. The minimum atomic E-state index is -3.81. The zero-order valence-corrected chi connectivity index (χ0v) is 38.1. The van der Waals surface area contributed by atoms with Crippen LogP contribution < -0.4 is 9.44 Å². The Morgan fingerprint density at radius 3 is 1.48 bits per heavy atom. The van der Waals surface area contributed by atoms with Gasteiger partial charge in [-0.1, -0.05) is 127 Å². The van der Waals surface area contributed by atoms with Crippen LogP contribution >= 0.6 is 22.9 Å². The van der Waals surface area contributed by atoms with E-state index in [1.54, 1.807) is 116 Å². The van der Waals surface area contributed by atoms with Crippen molar-refractivity contribution >= 4 is 76.4 Å². The van der Waals surface area contributed by atoms with E-state index in [0.29, 0.717) is 58.8 Å². The first-order valence-electron chi connectivity index (χ1n) is 20.4. The minimum absolute atomic E-state index is 0.174. The Kier molecular flexibility index (Phi) is 14.5. The van der Waals surface area contributed by atoms with Crippen molar-refractivity contribution in [2.24, 2.45) is 0 Å². The fourth-order valence-electron chi connectivity index (χ4n) is 7.39. The number of rotatable bonds is 15. The molecule has 8 aromatic rings. The van der Waals surface area contributed by atoms with Gasteiger partial charge in [-0.05, 0) is 132 Å². The molecule has 330 valence electrons. The molecule has 0 aliphatic rings. The molecule has 0 spiro atoms. The lowest BCUT2D eigenvalue weighted by Gasteiger charge is -2.14. The first-order valence-corrected chi connectivity index (χ1v) is 24.5. The highest BCUT2D eigenvalue weighted by atomic mass is 35.5. The molecule has 10 nitrogen and oxygen atoms in total. The Morgan fingerprint density at radius 2 is 0.954 bits per heavy atom. The van der Waals surface area contributed by atoms with Crippen LogP contribution in [0.4, 0.5) is 11.4 Å². The smallest absolute Gasteiger partial charge is 0.335 e. The Labute approximate surface area is 386 Å². The monoisotopic (exact) mass is 942 g/mol. The number of hydrogen-bond donors (Lipinski definition) is 4. The maximum atomic E-state index is 13.2. The highest BCUT2D eigenvalue weighted by Gasteiger charge is 2.23. The Hall–Kier alpha value is -6.77. The molecule has 0 radical (unpaired) electrons. The summed E-state index contributed by atoms with van der Waals surface area (Å²) in [4.78, 5) is 23.1. The van der Waals surface area contributed by atoms with Crippen LogP contribution in [-0.4, -0.2) is 39.0 Å². The molecule has 0 atom stereocenters. The van der Waals surface area contributed by atoms with Crippen molar-refractivity contribution in [3.63, 3.8) is 0 Å². The number of carboxylic acid groups (broad SMARTS) is 2. The number of carbonyl (C=O) groups is 2. The van der Waals surface area contributed by atoms with E-state index in [9.17, 15) is 36.6 Å². The second-order valence-electron chi connectivity index (χ2n) is 15.0. The minimum Gasteiger partial charge on any atom is -0.478 e. The molecule has 4 N–H and O–H groups in total. The maximum absolute atomic E-state index is 13.2. The van der Waals surface area contributed by atoms with Gasteiger partial charge in [-0.2, -0.15) is 0 Å². The molecule has 1 heterocycles. The number of thiophene rings is 1. The quantitative estimate of drug-likeness (QED) is 0.0788. The van der Waals surface area contributed by atoms with Crippen molar-refractivity contribution < 1.29 is 36.6 Å². The van der Waals surface area contributed by atoms with Gasteiger partial charge in [-0.25, -0.2) is 26.4 Å². The number of fused-ring (bicyclic) bond motifs is 1. The normalized spacial score (nSPS) is 11.4. The summed E-state index contributed by atoms with van der Waals surface area (Å²) in [6.07, 6.45) is 1.94. The van der Waals surface area contributed by atoms with Crippen LogP contribution in [0.2, 0.25) is 5.02 Å². The molecule has 0 saturated heterocycles. The fraction of sp³-hybridized carbons (Fsp3) is 0.0980. The number of aromatic carboxylic acids is 2. The summed E-state index contributed by atoms with van der Waals surface area (Å²) in [6, 6.07) is 49.9. The maximum Gasteiger partial charge on any atom is 0.335 e. The van der Waals surface area contributed by atoms with Crippen LogP contribution in [0.3, 0.4) is 0 Å². The van der Waals surface area contributed by atoms with Gasteiger partial charge in [0.15, 0.2) is 0 Å². The summed E-state index contributed by atoms with van der Waals surface area (Å²) in [6.45, 7) is 1.78. The molecular formula is C51H43ClN2O8S3. The molecular weight excluding hydrogens is 900 g/mol. The largest absolute Gasteiger partial charge is 0.478 e. The lowest BCUT2D eigenvalue weighted by Crippen LogP contribution is -2.14. The van der Waals surface area contributed by atoms with Gasteiger partial charge in [0.05, 0.1) is 27.4 Å². The van der Waals surface area contributed by atoms with Crippen LogP contribution in [0.5, 0.6) is 0 Å². The van der Waals surface area contributed by atoms with Crippen LogP contribution in [0.15, 0.2) is 179 Å². The average Bonchev–Trinajstić information content (AvgIpc) is 3.64. The molecule has 0 amide bonds. The summed E-state index contributed by atoms with van der Waals surface area (Å²) in [5, 5.41) is 20.2. The third-order valence-electron chi connectivity index (χ3n) is 10.7. The van der Waals surface area contributed by atoms with Gasteiger partial charge in [-0.3, -0.25) is 9.44 Å². The van der Waals surface area contributed by atoms with E-state index in [2.05, 4.69) is 9.44 Å². The van der Waals surface area contributed by atoms with Crippen molar-refractivity contribution in [1.82, 2.24) is 0 Å². The van der Waals surface area contributed by atoms with Crippen LogP contribution in [0, 0.1) is 6.92 Å². The van der Waals surface area contributed by atoms with Crippen molar-refractivity contribution in [3.05, 3.63) is 214 Å². The zero-order valence-electron chi connectivity index (χ0n) is 34.9. The van der Waals surface area contributed by atoms with Crippen molar-refractivity contribution in [1.29, 1.82) is 0 Å². The Morgan fingerprint density at radius 1 is 0.523 bits per heavy atom. The zero-order chi connectivity index (χ0) is 46.1. The first-order chi connectivity index (χ1) is 31.2. The number of halogens is 1. The molecule has 0 fully saturated rings. The molecule has 0 aliphatic heterocycles. The van der Waals surface area contributed by atoms with E-state index in [1.807, 2.05) is 60.7 Å². The van der Waals surface area contributed by atoms with E-state index in [1.165, 1.54) is 11.3 Å². The molecule has 0 unspecified atom stereocenters. The van der Waals surface area contributed by atoms with Crippen molar-refractivity contribution in [2.75, 3.05) is 9.44 Å². The number of carboxylic acids is 2. The van der Waals surface area contributed by atoms with Gasteiger partial charge in [0, 0.05) is 9.72 Å². The van der Waals surface area contributed by atoms with Gasteiger partial charge in [0.1, 0.15) is 4.21 Å². The number of para-hydroxylation sites is 2. The lowest BCUT2D eigenvalue weighted by molar-refractivity contribution is 0.0684. The van der Waals surface area contributed by atoms with E-state index < -0.39 is 32.0 Å². The highest BCUT2D eigenvalue weighted by Crippen LogP contribution is 2.37. The second-order valence-corrected chi connectivity index (χ2v) is 20.0. The van der Waals surface area contributed by atoms with Crippen LogP contribution in [0.1, 0.15) is 48.5 Å². The molecule has 65 heavy (non-hydrogen) atoms. The Bertz CT molecular complexity index is 3230. The molecule has 1 aromatic heterocycles. The first kappa shape index (κ1) is 46.2. The molecule has 14 heteroatoms. The van der Waals surface area contributed by atoms with E-state index >= 15 is 0 Å². The predicted octanol–water partition coefficient (Wildman–Crippen LogP) is 11.8. The summed E-state index contributed by atoms with van der Waals surface area (Å²) in [7, 11) is -7.60. The summed E-state index contributed by atoms with van der Waals surface area (Å²) in [5.41, 5.74) is 7.09. The number of nitrogens with one attached hydrogen (secondary N) is 2. The Balaban J connectivity index is 0.000000194. The van der Waals surface area contributed by atoms with E-state index in [-0.39, 0.29) is 20.2 Å². The van der Waals surface area contributed by atoms with Gasteiger partial charge in [-0.15, -0.1) is 11.3 Å². The summed E-state index contributed by atoms with van der Waals surface area (Å²) >= 11 is 7.29. The van der Waals surface area contributed by atoms with Crippen molar-refractivity contribution in [3.8, 4) is 11.1 Å². The summed E-state index contributed by atoms with van der Waals surface area (Å²) < 4.78 is 59.1. The number of anilines is 2. The van der Waals surface area contributed by atoms with Crippen molar-refractivity contribution in [2.45, 2.75) is 41.7 Å². The van der Waals surface area contributed by atoms with Gasteiger partial charge in [0.25, 0.3) is 20.0 Å².